The molecule has 0 unspecified atom stereocenters. The van der Waals surface area contributed by atoms with E-state index in [1.54, 1.807) is 0 Å². The van der Waals surface area contributed by atoms with Crippen molar-refractivity contribution >= 4 is 37.7 Å². The molecule has 36 valence electrons. The van der Waals surface area contributed by atoms with Crippen molar-refractivity contribution in [3.8, 4) is 0 Å². The molecular formula is C5H12Ca-2. The van der Waals surface area contributed by atoms with Crippen molar-refractivity contribution in [2.45, 2.75) is 13.3 Å². The van der Waals surface area contributed by atoms with Crippen molar-refractivity contribution in [3.05, 3.63) is 20.8 Å². The van der Waals surface area contributed by atoms with Crippen molar-refractivity contribution in [2.75, 3.05) is 0 Å². The maximum Gasteiger partial charge on any atom is 2.00 e. The van der Waals surface area contributed by atoms with Gasteiger partial charge in [0, 0.05) is 0 Å². The fourth-order valence-corrected chi connectivity index (χ4v) is 0. The van der Waals surface area contributed by atoms with Crippen LogP contribution in [0.25, 0.3) is 0 Å². The fraction of sp³-hybridized carbons (Fsp3) is 0.400. The molecule has 0 bridgehead atoms. The van der Waals surface area contributed by atoms with Gasteiger partial charge in [0.05, 0.1) is 0 Å². The fourth-order valence-electron chi connectivity index (χ4n) is 0. The molecule has 0 atom stereocenters. The standard InChI is InChI=1S/C4H8.CH3.Ca.H/c1-3-4-2;;;/h4H,1,3H2,2H3;1H3;;/q-2;-1;+2;-1. The SMILES string of the molecule is [CH2-]C[CH-]C.[CH3-].[Ca+2].[H-]. The van der Waals surface area contributed by atoms with Crippen LogP contribution in [0.3, 0.4) is 0 Å². The molecular weight excluding hydrogens is 100 g/mol. The summed E-state index contributed by atoms with van der Waals surface area (Å²) in [7, 11) is 0. The summed E-state index contributed by atoms with van der Waals surface area (Å²) in [5.74, 6) is 0. The van der Waals surface area contributed by atoms with Gasteiger partial charge in [-0.25, -0.2) is 0 Å². The first-order valence-corrected chi connectivity index (χ1v) is 1.49. The molecule has 0 aliphatic rings. The minimum Gasteiger partial charge on any atom is -1.00 e. The van der Waals surface area contributed by atoms with Crippen LogP contribution in [0.5, 0.6) is 0 Å². The Hall–Kier alpha value is 1.26. The Morgan fingerprint density at radius 3 is 2.00 bits per heavy atom. The molecule has 6 heavy (non-hydrogen) atoms. The molecule has 0 aromatic heterocycles. The maximum atomic E-state index is 3.55. The van der Waals surface area contributed by atoms with Gasteiger partial charge in [-0.3, -0.25) is 0 Å². The zero-order chi connectivity index (χ0) is 3.41. The Balaban J connectivity index is -0.0000000150. The molecule has 0 rings (SSSR count). The van der Waals surface area contributed by atoms with Crippen LogP contribution in [-0.4, -0.2) is 37.7 Å². The summed E-state index contributed by atoms with van der Waals surface area (Å²) >= 11 is 0. The summed E-state index contributed by atoms with van der Waals surface area (Å²) in [5, 5.41) is 0. The van der Waals surface area contributed by atoms with E-state index in [4.69, 9.17) is 0 Å². The predicted octanol–water partition coefficient (Wildman–Crippen LogP) is 1.62. The zero-order valence-electron chi connectivity index (χ0n) is 5.70. The number of hydrogen-bond donors (Lipinski definition) is 0. The minimum absolute atomic E-state index is 0. The van der Waals surface area contributed by atoms with E-state index in [0.717, 1.165) is 6.42 Å². The van der Waals surface area contributed by atoms with Crippen molar-refractivity contribution in [1.29, 1.82) is 0 Å². The average Bonchev–Trinajstić information content (AvgIpc) is 1.37. The summed E-state index contributed by atoms with van der Waals surface area (Å²) in [6.07, 6.45) is 2.96. The average molecular weight is 112 g/mol. The molecule has 0 radical (unpaired) electrons. The first-order chi connectivity index (χ1) is 1.91. The Labute approximate surface area is 72.8 Å². The van der Waals surface area contributed by atoms with E-state index >= 15 is 0 Å². The van der Waals surface area contributed by atoms with Gasteiger partial charge in [0.2, 0.25) is 0 Å². The molecule has 0 spiro atoms. The molecule has 0 aromatic rings. The Morgan fingerprint density at radius 1 is 1.83 bits per heavy atom. The third kappa shape index (κ3) is 18.7. The Morgan fingerprint density at radius 2 is 2.00 bits per heavy atom. The van der Waals surface area contributed by atoms with Gasteiger partial charge < -0.3 is 28.6 Å². The van der Waals surface area contributed by atoms with Crippen LogP contribution >= 0.6 is 0 Å². The van der Waals surface area contributed by atoms with Crippen LogP contribution in [-0.2, 0) is 0 Å². The second-order valence-electron chi connectivity index (χ2n) is 0.697. The third-order valence-electron chi connectivity index (χ3n) is 0.289. The Bertz CT molecular complexity index is 10.0. The van der Waals surface area contributed by atoms with Gasteiger partial charge in [0.15, 0.2) is 0 Å². The van der Waals surface area contributed by atoms with Crippen LogP contribution in [0.2, 0.25) is 0 Å². The van der Waals surface area contributed by atoms with E-state index in [0.29, 0.717) is 0 Å². The predicted molar refractivity (Wildman–Crippen MR) is 33.2 cm³/mol. The normalized spacial score (nSPS) is 5.00. The number of hydrogen-bond acceptors (Lipinski definition) is 0. The topological polar surface area (TPSA) is 0 Å². The van der Waals surface area contributed by atoms with Crippen molar-refractivity contribution < 1.29 is 1.43 Å². The molecule has 1 heteroatoms. The largest absolute Gasteiger partial charge is 2.00 e. The molecule has 0 N–H and O–H groups in total. The van der Waals surface area contributed by atoms with Crippen LogP contribution in [0.4, 0.5) is 0 Å². The molecule has 0 saturated carbocycles. The van der Waals surface area contributed by atoms with E-state index in [2.05, 4.69) is 6.92 Å². The second-order valence-corrected chi connectivity index (χ2v) is 0.697. The summed E-state index contributed by atoms with van der Waals surface area (Å²) in [6.45, 7) is 5.54. The van der Waals surface area contributed by atoms with E-state index in [1.165, 1.54) is 0 Å². The first-order valence-electron chi connectivity index (χ1n) is 1.49. The van der Waals surface area contributed by atoms with Crippen LogP contribution in [0, 0.1) is 20.8 Å². The molecule has 0 aliphatic heterocycles. The molecule has 0 aliphatic carbocycles. The number of unbranched alkanes of at least 4 members (excludes halogenated alkanes) is 1. The third-order valence-corrected chi connectivity index (χ3v) is 0.289. The van der Waals surface area contributed by atoms with Crippen LogP contribution in [0.15, 0.2) is 0 Å². The van der Waals surface area contributed by atoms with Gasteiger partial charge in [-0.05, 0) is 0 Å². The molecule has 0 fully saturated rings. The van der Waals surface area contributed by atoms with Gasteiger partial charge in [0.1, 0.15) is 0 Å². The van der Waals surface area contributed by atoms with E-state index < -0.39 is 0 Å². The molecule has 0 amide bonds. The van der Waals surface area contributed by atoms with Gasteiger partial charge in [-0.15, -0.1) is 0 Å². The summed E-state index contributed by atoms with van der Waals surface area (Å²) in [4.78, 5) is 0. The second kappa shape index (κ2) is 16.3. The van der Waals surface area contributed by atoms with Gasteiger partial charge >= 0.3 is 37.7 Å². The van der Waals surface area contributed by atoms with E-state index in [1.807, 2.05) is 13.3 Å². The molecule has 0 nitrogen and oxygen atoms in total. The zero-order valence-corrected chi connectivity index (χ0v) is 6.91. The van der Waals surface area contributed by atoms with Crippen molar-refractivity contribution in [1.82, 2.24) is 0 Å². The minimum atomic E-state index is 0. The Kier molecular flexibility index (Phi) is 42.6. The molecule has 0 saturated heterocycles. The van der Waals surface area contributed by atoms with Crippen molar-refractivity contribution in [2.24, 2.45) is 0 Å². The number of rotatable bonds is 1. The monoisotopic (exact) mass is 112 g/mol. The van der Waals surface area contributed by atoms with Gasteiger partial charge in [-0.2, -0.15) is 6.92 Å². The van der Waals surface area contributed by atoms with E-state index in [-0.39, 0.29) is 46.6 Å². The first kappa shape index (κ1) is 15.7. The van der Waals surface area contributed by atoms with Gasteiger partial charge in [0.25, 0.3) is 0 Å². The molecule has 0 aromatic carbocycles. The molecule has 0 heterocycles. The summed E-state index contributed by atoms with van der Waals surface area (Å²) in [5.41, 5.74) is 0. The maximum absolute atomic E-state index is 3.55. The van der Waals surface area contributed by atoms with Crippen LogP contribution in [0.1, 0.15) is 14.8 Å². The summed E-state index contributed by atoms with van der Waals surface area (Å²) < 4.78 is 0. The quantitative estimate of drug-likeness (QED) is 0.357. The summed E-state index contributed by atoms with van der Waals surface area (Å²) in [6, 6.07) is 0. The van der Waals surface area contributed by atoms with Crippen molar-refractivity contribution in [3.63, 3.8) is 0 Å². The van der Waals surface area contributed by atoms with E-state index in [9.17, 15) is 0 Å². The van der Waals surface area contributed by atoms with Gasteiger partial charge in [-0.1, -0.05) is 0 Å². The smallest absolute Gasteiger partial charge is 1.00 e. The van der Waals surface area contributed by atoms with Crippen LogP contribution < -0.4 is 0 Å².